The summed E-state index contributed by atoms with van der Waals surface area (Å²) in [5.41, 5.74) is -1.04. The first kappa shape index (κ1) is 23.1. The summed E-state index contributed by atoms with van der Waals surface area (Å²) in [4.78, 5) is 38.2. The van der Waals surface area contributed by atoms with Gasteiger partial charge in [0.15, 0.2) is 11.9 Å². The smallest absolute Gasteiger partial charge is 0.339 e. The Morgan fingerprint density at radius 3 is 2.59 bits per heavy atom. The first-order valence-electron chi connectivity index (χ1n) is 11.8. The van der Waals surface area contributed by atoms with Crippen LogP contribution in [0, 0.1) is 28.1 Å². The van der Waals surface area contributed by atoms with Gasteiger partial charge in [-0.3, -0.25) is 9.59 Å². The van der Waals surface area contributed by atoms with Gasteiger partial charge in [-0.15, -0.1) is 0 Å². The Bertz CT molecular complexity index is 1100. The molecule has 0 N–H and O–H groups in total. The fourth-order valence-electron chi connectivity index (χ4n) is 7.27. The van der Waals surface area contributed by atoms with Gasteiger partial charge in [0.2, 0.25) is 0 Å². The predicted octanol–water partition coefficient (Wildman–Crippen LogP) is 4.34. The van der Waals surface area contributed by atoms with E-state index in [-0.39, 0.29) is 30.0 Å². The summed E-state index contributed by atoms with van der Waals surface area (Å²) >= 11 is 0. The number of ether oxygens (including phenoxy) is 3. The van der Waals surface area contributed by atoms with Crippen LogP contribution < -0.4 is 0 Å². The lowest BCUT2D eigenvalue weighted by atomic mass is 9.47. The molecule has 2 aliphatic heterocycles. The molecule has 1 aromatic heterocycles. The van der Waals surface area contributed by atoms with E-state index in [1.165, 1.54) is 7.11 Å². The molecule has 5 rings (SSSR count). The number of cyclic esters (lactones) is 1. The predicted molar refractivity (Wildman–Crippen MR) is 121 cm³/mol. The third-order valence-electron chi connectivity index (χ3n) is 9.39. The van der Waals surface area contributed by atoms with Gasteiger partial charge in [0.05, 0.1) is 26.1 Å². The fraction of sp³-hybridized carbons (Fsp3) is 0.593. The summed E-state index contributed by atoms with van der Waals surface area (Å²) in [6.45, 7) is 12.5. The van der Waals surface area contributed by atoms with Crippen molar-refractivity contribution in [2.45, 2.75) is 64.8 Å². The quantitative estimate of drug-likeness (QED) is 0.368. The summed E-state index contributed by atoms with van der Waals surface area (Å²) in [5.74, 6) is -1.15. The zero-order valence-electron chi connectivity index (χ0n) is 20.4. The molecule has 3 fully saturated rings. The monoisotopic (exact) mass is 468 g/mol. The number of esters is 2. The molecule has 0 aromatic carbocycles. The second kappa shape index (κ2) is 7.17. The molecule has 1 aromatic rings. The van der Waals surface area contributed by atoms with Crippen LogP contribution in [0.5, 0.6) is 0 Å². The summed E-state index contributed by atoms with van der Waals surface area (Å²) in [6.07, 6.45) is 7.16. The maximum Gasteiger partial charge on any atom is 0.339 e. The molecule has 7 atom stereocenters. The first-order chi connectivity index (χ1) is 15.9. The van der Waals surface area contributed by atoms with Gasteiger partial charge >= 0.3 is 11.9 Å². The Balaban J connectivity index is 1.57. The molecular formula is C27H32O7. The number of rotatable bonds is 4. The molecule has 7 nitrogen and oxygen atoms in total. The average Bonchev–Trinajstić information content (AvgIpc) is 3.35. The van der Waals surface area contributed by atoms with Gasteiger partial charge in [0, 0.05) is 16.4 Å². The molecule has 2 aliphatic carbocycles. The summed E-state index contributed by atoms with van der Waals surface area (Å²) in [5, 5.41) is 0. The standard InChI is InChI=1S/C27H32O7/c1-15-17(25(4)10-8-19(28)24(2,3)18(25)13-20(29)31-6)7-11-26(5)21(16-9-12-32-14-16)33-23(30)22-27(15,26)34-22/h8-10,12,14,17-18,21-22H,1,7,11,13H2,2-6H3/t17?,18-,21-,22+,25+,26-,27+/m0/s1. The second-order valence-corrected chi connectivity index (χ2v) is 11.3. The van der Waals surface area contributed by atoms with Crippen molar-refractivity contribution in [2.24, 2.45) is 28.1 Å². The molecule has 4 aliphatic rings. The summed E-state index contributed by atoms with van der Waals surface area (Å²) in [7, 11) is 1.36. The van der Waals surface area contributed by atoms with E-state index < -0.39 is 40.0 Å². The zero-order valence-corrected chi connectivity index (χ0v) is 20.4. The van der Waals surface area contributed by atoms with Crippen molar-refractivity contribution in [2.75, 3.05) is 7.11 Å². The highest BCUT2D eigenvalue weighted by Crippen LogP contribution is 2.72. The Morgan fingerprint density at radius 2 is 1.94 bits per heavy atom. The van der Waals surface area contributed by atoms with E-state index >= 15 is 0 Å². The number of hydrogen-bond acceptors (Lipinski definition) is 7. The van der Waals surface area contributed by atoms with Crippen LogP contribution in [0.25, 0.3) is 0 Å². The third kappa shape index (κ3) is 2.76. The summed E-state index contributed by atoms with van der Waals surface area (Å²) in [6, 6.07) is 1.82. The largest absolute Gasteiger partial charge is 0.472 e. The molecule has 3 heterocycles. The van der Waals surface area contributed by atoms with Crippen molar-refractivity contribution in [3.8, 4) is 0 Å². The molecule has 1 saturated carbocycles. The number of ketones is 1. The summed E-state index contributed by atoms with van der Waals surface area (Å²) < 4.78 is 22.4. The van der Waals surface area contributed by atoms with Gasteiger partial charge < -0.3 is 18.6 Å². The first-order valence-corrected chi connectivity index (χ1v) is 11.8. The number of hydrogen-bond donors (Lipinski definition) is 0. The minimum Gasteiger partial charge on any atom is -0.472 e. The number of methoxy groups -OCH3 is 1. The van der Waals surface area contributed by atoms with Gasteiger partial charge in [-0.05, 0) is 47.8 Å². The molecule has 0 bridgehead atoms. The fourth-order valence-corrected chi connectivity index (χ4v) is 7.27. The van der Waals surface area contributed by atoms with E-state index in [4.69, 9.17) is 18.6 Å². The molecule has 1 unspecified atom stereocenters. The lowest BCUT2D eigenvalue weighted by Gasteiger charge is -2.56. The van der Waals surface area contributed by atoms with Crippen LogP contribution in [0.2, 0.25) is 0 Å². The lowest BCUT2D eigenvalue weighted by Crippen LogP contribution is -2.58. The van der Waals surface area contributed by atoms with Crippen LogP contribution in [0.4, 0.5) is 0 Å². The SMILES string of the molecule is C=C1C([C@@]2(C)C=CC(=O)C(C)(C)[C@@H]2CC(=O)OC)CC[C@@]2(C)[C@H](c3ccoc3)OC(=O)[C@H]3O[C@]132. The Hall–Kier alpha value is -2.67. The van der Waals surface area contributed by atoms with Crippen molar-refractivity contribution in [3.63, 3.8) is 0 Å². The molecule has 1 spiro atoms. The van der Waals surface area contributed by atoms with Gasteiger partial charge in [0.1, 0.15) is 11.7 Å². The maximum atomic E-state index is 12.9. The Kier molecular flexibility index (Phi) is 4.87. The van der Waals surface area contributed by atoms with E-state index in [1.54, 1.807) is 18.6 Å². The van der Waals surface area contributed by atoms with Crippen LogP contribution in [0.3, 0.4) is 0 Å². The van der Waals surface area contributed by atoms with Crippen LogP contribution in [0.1, 0.15) is 58.6 Å². The highest BCUT2D eigenvalue weighted by Gasteiger charge is 2.80. The van der Waals surface area contributed by atoms with Crippen molar-refractivity contribution in [1.29, 1.82) is 0 Å². The van der Waals surface area contributed by atoms with E-state index in [2.05, 4.69) is 20.4 Å². The van der Waals surface area contributed by atoms with Crippen LogP contribution in [0.15, 0.2) is 47.3 Å². The van der Waals surface area contributed by atoms with Gasteiger partial charge in [-0.2, -0.15) is 0 Å². The number of carbonyl (C=O) groups excluding carboxylic acids is 3. The van der Waals surface area contributed by atoms with Crippen molar-refractivity contribution in [3.05, 3.63) is 48.5 Å². The normalized spacial score (nSPS) is 42.4. The highest BCUT2D eigenvalue weighted by molar-refractivity contribution is 5.96. The number of allylic oxidation sites excluding steroid dienone is 2. The van der Waals surface area contributed by atoms with Crippen LogP contribution in [-0.4, -0.2) is 36.5 Å². The second-order valence-electron chi connectivity index (χ2n) is 11.3. The van der Waals surface area contributed by atoms with Crippen LogP contribution in [-0.2, 0) is 28.6 Å². The van der Waals surface area contributed by atoms with Gasteiger partial charge in [0.25, 0.3) is 0 Å². The van der Waals surface area contributed by atoms with Crippen molar-refractivity contribution < 1.29 is 33.0 Å². The minimum absolute atomic E-state index is 0.00915. The number of furan rings is 1. The minimum atomic E-state index is -0.856. The van der Waals surface area contributed by atoms with Crippen LogP contribution >= 0.6 is 0 Å². The molecule has 182 valence electrons. The number of epoxide rings is 1. The lowest BCUT2D eigenvalue weighted by molar-refractivity contribution is -0.168. The third-order valence-corrected chi connectivity index (χ3v) is 9.39. The van der Waals surface area contributed by atoms with E-state index in [0.717, 1.165) is 24.0 Å². The molecule has 7 heteroatoms. The van der Waals surface area contributed by atoms with E-state index in [1.807, 2.05) is 26.0 Å². The molecule has 0 amide bonds. The molecular weight excluding hydrogens is 436 g/mol. The average molecular weight is 469 g/mol. The zero-order chi connectivity index (χ0) is 24.7. The molecule has 0 radical (unpaired) electrons. The molecule has 2 saturated heterocycles. The maximum absolute atomic E-state index is 12.9. The number of carbonyl (C=O) groups is 3. The Morgan fingerprint density at radius 1 is 1.21 bits per heavy atom. The Labute approximate surface area is 199 Å². The van der Waals surface area contributed by atoms with E-state index in [9.17, 15) is 14.4 Å². The van der Waals surface area contributed by atoms with Gasteiger partial charge in [-0.25, -0.2) is 4.79 Å². The molecule has 34 heavy (non-hydrogen) atoms. The van der Waals surface area contributed by atoms with Gasteiger partial charge in [-0.1, -0.05) is 40.3 Å². The van der Waals surface area contributed by atoms with Crippen molar-refractivity contribution in [1.82, 2.24) is 0 Å². The van der Waals surface area contributed by atoms with Crippen molar-refractivity contribution >= 4 is 17.7 Å². The highest BCUT2D eigenvalue weighted by atomic mass is 16.7. The van der Waals surface area contributed by atoms with E-state index in [0.29, 0.717) is 0 Å². The topological polar surface area (TPSA) is 95.3 Å².